The molecule has 2 heterocycles. The van der Waals surface area contributed by atoms with Crippen molar-refractivity contribution in [2.75, 3.05) is 0 Å². The fraction of sp³-hybridized carbons (Fsp3) is 0.0476. The van der Waals surface area contributed by atoms with Gasteiger partial charge in [-0.05, 0) is 70.3 Å². The number of aryl methyl sites for hydroxylation is 2. The van der Waals surface area contributed by atoms with Gasteiger partial charge in [0.1, 0.15) is 0 Å². The Balaban J connectivity index is 1.42. The molecule has 0 saturated carbocycles. The number of pyridine rings is 1. The molecule has 4 nitrogen and oxygen atoms in total. The smallest absolute Gasteiger partial charge is 0.164 e. The zero-order chi connectivity index (χ0) is 31.0. The summed E-state index contributed by atoms with van der Waals surface area (Å²) < 4.78 is 0. The van der Waals surface area contributed by atoms with E-state index in [9.17, 15) is 0 Å². The first kappa shape index (κ1) is 27.5. The molecule has 0 fully saturated rings. The van der Waals surface area contributed by atoms with Crippen molar-refractivity contribution in [3.05, 3.63) is 157 Å². The Hall–Kier alpha value is -6.00. The average Bonchev–Trinajstić information content (AvgIpc) is 3.12. The molecular formula is C42H30N4. The molecule has 0 N–H and O–H groups in total. The second-order valence-corrected chi connectivity index (χ2v) is 11.6. The minimum atomic E-state index is 0.629. The zero-order valence-corrected chi connectivity index (χ0v) is 25.6. The molecule has 0 aliphatic rings. The number of fused-ring (bicyclic) bond motifs is 3. The van der Waals surface area contributed by atoms with E-state index >= 15 is 0 Å². The van der Waals surface area contributed by atoms with Gasteiger partial charge in [0.25, 0.3) is 0 Å². The van der Waals surface area contributed by atoms with Crippen LogP contribution in [0, 0.1) is 13.8 Å². The van der Waals surface area contributed by atoms with E-state index < -0.39 is 0 Å². The second-order valence-electron chi connectivity index (χ2n) is 11.6. The van der Waals surface area contributed by atoms with Crippen LogP contribution in [0.3, 0.4) is 0 Å². The van der Waals surface area contributed by atoms with Crippen molar-refractivity contribution in [3.63, 3.8) is 0 Å². The molecule has 8 aromatic rings. The Morgan fingerprint density at radius 1 is 0.348 bits per heavy atom. The summed E-state index contributed by atoms with van der Waals surface area (Å²) in [5.41, 5.74) is 9.31. The van der Waals surface area contributed by atoms with Crippen LogP contribution in [0.15, 0.2) is 146 Å². The van der Waals surface area contributed by atoms with Crippen LogP contribution in [-0.2, 0) is 0 Å². The van der Waals surface area contributed by atoms with E-state index in [1.54, 1.807) is 0 Å². The minimum absolute atomic E-state index is 0.629. The second kappa shape index (κ2) is 11.5. The summed E-state index contributed by atoms with van der Waals surface area (Å²) in [6.07, 6.45) is 0. The van der Waals surface area contributed by atoms with Crippen LogP contribution in [0.4, 0.5) is 0 Å². The third-order valence-electron chi connectivity index (χ3n) is 8.55. The summed E-state index contributed by atoms with van der Waals surface area (Å²) in [6.45, 7) is 4.12. The average molecular weight is 591 g/mol. The molecule has 2 aromatic heterocycles. The molecule has 0 aliphatic heterocycles. The third-order valence-corrected chi connectivity index (χ3v) is 8.55. The highest BCUT2D eigenvalue weighted by atomic mass is 15.0. The van der Waals surface area contributed by atoms with Gasteiger partial charge in [0.2, 0.25) is 0 Å². The Kier molecular flexibility index (Phi) is 6.88. The molecule has 0 spiro atoms. The van der Waals surface area contributed by atoms with E-state index in [4.69, 9.17) is 19.9 Å². The quantitative estimate of drug-likeness (QED) is 0.187. The van der Waals surface area contributed by atoms with Gasteiger partial charge in [0.05, 0.1) is 0 Å². The standard InChI is InChI=1S/C42H30N4/c1-27-21-23-33(28(2)43-27)37-24-22-32(26-39(37)38-25-31-17-9-10-18-34(31)35-19-11-12-20-36(35)38)42-45-40(29-13-5-3-6-14-29)44-41(46-42)30-15-7-4-8-16-30/h3-26H,1-2H3. The molecule has 4 heteroatoms. The van der Waals surface area contributed by atoms with Gasteiger partial charge in [0, 0.05) is 33.6 Å². The highest BCUT2D eigenvalue weighted by Crippen LogP contribution is 2.42. The summed E-state index contributed by atoms with van der Waals surface area (Å²) in [7, 11) is 0. The summed E-state index contributed by atoms with van der Waals surface area (Å²) in [5.74, 6) is 1.92. The van der Waals surface area contributed by atoms with Crippen LogP contribution < -0.4 is 0 Å². The number of hydrogen-bond donors (Lipinski definition) is 0. The SMILES string of the molecule is Cc1ccc(-c2ccc(-c3nc(-c4ccccc4)nc(-c4ccccc4)n3)cc2-c2cc3ccccc3c3ccccc23)c(C)n1. The predicted molar refractivity (Wildman–Crippen MR) is 189 cm³/mol. The first-order valence-electron chi connectivity index (χ1n) is 15.5. The maximum absolute atomic E-state index is 5.04. The zero-order valence-electron chi connectivity index (χ0n) is 25.6. The molecule has 46 heavy (non-hydrogen) atoms. The van der Waals surface area contributed by atoms with Crippen molar-refractivity contribution in [1.82, 2.24) is 19.9 Å². The van der Waals surface area contributed by atoms with Crippen molar-refractivity contribution >= 4 is 21.5 Å². The van der Waals surface area contributed by atoms with Crippen LogP contribution in [0.1, 0.15) is 11.4 Å². The van der Waals surface area contributed by atoms with Crippen LogP contribution in [0.25, 0.3) is 78.0 Å². The number of aromatic nitrogens is 4. The lowest BCUT2D eigenvalue weighted by atomic mass is 9.87. The number of nitrogens with zero attached hydrogens (tertiary/aromatic N) is 4. The Morgan fingerprint density at radius 2 is 0.891 bits per heavy atom. The van der Waals surface area contributed by atoms with Crippen molar-refractivity contribution in [1.29, 1.82) is 0 Å². The molecule has 6 aromatic carbocycles. The van der Waals surface area contributed by atoms with E-state index in [-0.39, 0.29) is 0 Å². The van der Waals surface area contributed by atoms with Gasteiger partial charge in [-0.3, -0.25) is 4.98 Å². The Morgan fingerprint density at radius 3 is 1.54 bits per heavy atom. The first-order chi connectivity index (χ1) is 22.6. The summed E-state index contributed by atoms with van der Waals surface area (Å²) >= 11 is 0. The molecule has 8 rings (SSSR count). The van der Waals surface area contributed by atoms with Gasteiger partial charge in [-0.1, -0.05) is 127 Å². The topological polar surface area (TPSA) is 51.6 Å². The largest absolute Gasteiger partial charge is 0.258 e. The van der Waals surface area contributed by atoms with Crippen LogP contribution in [0.5, 0.6) is 0 Å². The van der Waals surface area contributed by atoms with Crippen LogP contribution >= 0.6 is 0 Å². The molecule has 0 radical (unpaired) electrons. The van der Waals surface area contributed by atoms with Crippen molar-refractivity contribution in [2.45, 2.75) is 13.8 Å². The fourth-order valence-corrected chi connectivity index (χ4v) is 6.33. The van der Waals surface area contributed by atoms with Gasteiger partial charge in [-0.25, -0.2) is 15.0 Å². The first-order valence-corrected chi connectivity index (χ1v) is 15.5. The Labute approximate surface area is 268 Å². The number of rotatable bonds is 5. The molecule has 0 unspecified atom stereocenters. The fourth-order valence-electron chi connectivity index (χ4n) is 6.33. The van der Waals surface area contributed by atoms with E-state index in [0.717, 1.165) is 50.3 Å². The minimum Gasteiger partial charge on any atom is -0.258 e. The van der Waals surface area contributed by atoms with Gasteiger partial charge < -0.3 is 0 Å². The Bertz CT molecular complexity index is 2320. The van der Waals surface area contributed by atoms with Crippen molar-refractivity contribution in [2.24, 2.45) is 0 Å². The predicted octanol–water partition coefficient (Wildman–Crippen LogP) is 10.5. The molecule has 0 atom stereocenters. The van der Waals surface area contributed by atoms with Crippen LogP contribution in [0.2, 0.25) is 0 Å². The molecule has 218 valence electrons. The van der Waals surface area contributed by atoms with E-state index in [1.807, 2.05) is 67.6 Å². The molecule has 0 bridgehead atoms. The van der Waals surface area contributed by atoms with E-state index in [0.29, 0.717) is 17.5 Å². The van der Waals surface area contributed by atoms with Gasteiger partial charge >= 0.3 is 0 Å². The van der Waals surface area contributed by atoms with E-state index in [2.05, 4.69) is 91.9 Å². The number of benzene rings is 6. The maximum atomic E-state index is 5.04. The molecule has 0 saturated heterocycles. The summed E-state index contributed by atoms with van der Waals surface area (Å²) in [6, 6.07) is 50.6. The molecule has 0 amide bonds. The van der Waals surface area contributed by atoms with Crippen molar-refractivity contribution in [3.8, 4) is 56.4 Å². The van der Waals surface area contributed by atoms with E-state index in [1.165, 1.54) is 21.5 Å². The lowest BCUT2D eigenvalue weighted by molar-refractivity contribution is 1.07. The van der Waals surface area contributed by atoms with Crippen molar-refractivity contribution < 1.29 is 0 Å². The lowest BCUT2D eigenvalue weighted by Gasteiger charge is -2.17. The van der Waals surface area contributed by atoms with Gasteiger partial charge in [-0.2, -0.15) is 0 Å². The summed E-state index contributed by atoms with van der Waals surface area (Å²) in [5, 5.41) is 4.86. The number of hydrogen-bond acceptors (Lipinski definition) is 4. The maximum Gasteiger partial charge on any atom is 0.164 e. The van der Waals surface area contributed by atoms with Gasteiger partial charge in [-0.15, -0.1) is 0 Å². The monoisotopic (exact) mass is 590 g/mol. The highest BCUT2D eigenvalue weighted by molar-refractivity contribution is 6.15. The lowest BCUT2D eigenvalue weighted by Crippen LogP contribution is -2.01. The normalized spacial score (nSPS) is 11.3. The molecular weight excluding hydrogens is 560 g/mol. The molecule has 0 aliphatic carbocycles. The highest BCUT2D eigenvalue weighted by Gasteiger charge is 2.18. The third kappa shape index (κ3) is 5.00. The van der Waals surface area contributed by atoms with Gasteiger partial charge in [0.15, 0.2) is 17.5 Å². The summed E-state index contributed by atoms with van der Waals surface area (Å²) in [4.78, 5) is 19.8. The van der Waals surface area contributed by atoms with Crippen LogP contribution in [-0.4, -0.2) is 19.9 Å².